The molecular formula is C10H16N4O4S. The summed E-state index contributed by atoms with van der Waals surface area (Å²) in [7, 11) is -0.246. The minimum absolute atomic E-state index is 0.0250. The van der Waals surface area contributed by atoms with Crippen LogP contribution in [0.3, 0.4) is 0 Å². The summed E-state index contributed by atoms with van der Waals surface area (Å²) in [6.07, 6.45) is 0. The number of hydrogen-bond donors (Lipinski definition) is 2. The van der Waals surface area contributed by atoms with Gasteiger partial charge in [0.1, 0.15) is 4.90 Å². The first kappa shape index (κ1) is 15.3. The van der Waals surface area contributed by atoms with Crippen LogP contribution in [-0.2, 0) is 10.0 Å². The van der Waals surface area contributed by atoms with E-state index in [4.69, 9.17) is 5.73 Å². The molecule has 0 saturated carbocycles. The molecule has 0 unspecified atom stereocenters. The highest BCUT2D eigenvalue weighted by molar-refractivity contribution is 7.89. The van der Waals surface area contributed by atoms with E-state index in [-0.39, 0.29) is 22.8 Å². The molecule has 0 bridgehead atoms. The highest BCUT2D eigenvalue weighted by Gasteiger charge is 2.20. The minimum atomic E-state index is -3.85. The van der Waals surface area contributed by atoms with Crippen LogP contribution in [0.25, 0.3) is 0 Å². The summed E-state index contributed by atoms with van der Waals surface area (Å²) in [4.78, 5) is 11.5. The molecule has 0 aliphatic heterocycles. The van der Waals surface area contributed by atoms with Gasteiger partial charge in [-0.05, 0) is 20.2 Å². The molecule has 1 aromatic carbocycles. The molecule has 8 nitrogen and oxygen atoms in total. The van der Waals surface area contributed by atoms with E-state index >= 15 is 0 Å². The van der Waals surface area contributed by atoms with Gasteiger partial charge < -0.3 is 10.6 Å². The van der Waals surface area contributed by atoms with Crippen LogP contribution in [0.1, 0.15) is 0 Å². The van der Waals surface area contributed by atoms with Gasteiger partial charge in [-0.2, -0.15) is 0 Å². The van der Waals surface area contributed by atoms with Crippen molar-refractivity contribution >= 4 is 21.4 Å². The molecule has 0 heterocycles. The summed E-state index contributed by atoms with van der Waals surface area (Å²) in [5, 5.41) is 10.6. The number of nitrogens with two attached hydrogens (primary N) is 1. The third-order valence-corrected chi connectivity index (χ3v) is 3.87. The van der Waals surface area contributed by atoms with Crippen molar-refractivity contribution in [3.63, 3.8) is 0 Å². The second-order valence-corrected chi connectivity index (χ2v) is 5.92. The fourth-order valence-corrected chi connectivity index (χ4v) is 2.52. The molecule has 0 aliphatic rings. The molecule has 0 saturated heterocycles. The molecule has 19 heavy (non-hydrogen) atoms. The van der Waals surface area contributed by atoms with E-state index in [1.165, 1.54) is 6.07 Å². The van der Waals surface area contributed by atoms with Crippen molar-refractivity contribution in [2.24, 2.45) is 0 Å². The quantitative estimate of drug-likeness (QED) is 0.432. The van der Waals surface area contributed by atoms with E-state index in [0.29, 0.717) is 6.54 Å². The van der Waals surface area contributed by atoms with Crippen LogP contribution in [0.2, 0.25) is 0 Å². The Balaban J connectivity index is 3.00. The van der Waals surface area contributed by atoms with Gasteiger partial charge in [-0.3, -0.25) is 10.1 Å². The third-order valence-electron chi connectivity index (χ3n) is 2.35. The van der Waals surface area contributed by atoms with E-state index < -0.39 is 14.9 Å². The Morgan fingerprint density at radius 1 is 1.42 bits per heavy atom. The zero-order chi connectivity index (χ0) is 14.6. The Labute approximate surface area is 111 Å². The molecule has 0 atom stereocenters. The Morgan fingerprint density at radius 2 is 2.05 bits per heavy atom. The molecule has 106 valence electrons. The zero-order valence-electron chi connectivity index (χ0n) is 10.7. The third kappa shape index (κ3) is 4.16. The Hall–Kier alpha value is -1.71. The number of benzene rings is 1. The molecule has 0 spiro atoms. The van der Waals surface area contributed by atoms with Crippen LogP contribution in [0.15, 0.2) is 23.1 Å². The van der Waals surface area contributed by atoms with Gasteiger partial charge in [0, 0.05) is 25.2 Å². The van der Waals surface area contributed by atoms with E-state index in [0.717, 1.165) is 12.1 Å². The van der Waals surface area contributed by atoms with Crippen LogP contribution in [-0.4, -0.2) is 45.4 Å². The number of sulfonamides is 1. The largest absolute Gasteiger partial charge is 0.398 e. The van der Waals surface area contributed by atoms with Crippen LogP contribution in [0, 0.1) is 10.1 Å². The zero-order valence-corrected chi connectivity index (χ0v) is 11.5. The first-order chi connectivity index (χ1) is 8.74. The van der Waals surface area contributed by atoms with Gasteiger partial charge in [-0.1, -0.05) is 0 Å². The van der Waals surface area contributed by atoms with Crippen molar-refractivity contribution in [3.8, 4) is 0 Å². The predicted molar refractivity (Wildman–Crippen MR) is 71.3 cm³/mol. The topological polar surface area (TPSA) is 119 Å². The fraction of sp³-hybridized carbons (Fsp3) is 0.400. The lowest BCUT2D eigenvalue weighted by Crippen LogP contribution is -2.31. The Kier molecular flexibility index (Phi) is 4.81. The number of anilines is 1. The molecule has 9 heteroatoms. The van der Waals surface area contributed by atoms with Gasteiger partial charge in [-0.15, -0.1) is 0 Å². The summed E-state index contributed by atoms with van der Waals surface area (Å²) in [5.41, 5.74) is 5.21. The van der Waals surface area contributed by atoms with Crippen molar-refractivity contribution in [1.29, 1.82) is 0 Å². The smallest absolute Gasteiger partial charge is 0.270 e. The maximum absolute atomic E-state index is 12.0. The van der Waals surface area contributed by atoms with E-state index in [9.17, 15) is 18.5 Å². The first-order valence-corrected chi connectivity index (χ1v) is 6.90. The fourth-order valence-electron chi connectivity index (χ4n) is 1.35. The lowest BCUT2D eigenvalue weighted by atomic mass is 10.3. The van der Waals surface area contributed by atoms with Gasteiger partial charge in [0.15, 0.2) is 0 Å². The Morgan fingerprint density at radius 3 is 2.58 bits per heavy atom. The number of non-ortho nitro benzene ring substituents is 1. The van der Waals surface area contributed by atoms with E-state index in [1.54, 1.807) is 19.0 Å². The van der Waals surface area contributed by atoms with Crippen molar-refractivity contribution in [2.45, 2.75) is 4.90 Å². The summed E-state index contributed by atoms with van der Waals surface area (Å²) < 4.78 is 26.3. The molecule has 1 aromatic rings. The molecule has 0 amide bonds. The maximum Gasteiger partial charge on any atom is 0.270 e. The van der Waals surface area contributed by atoms with Crippen molar-refractivity contribution in [1.82, 2.24) is 9.62 Å². The molecular weight excluding hydrogens is 272 g/mol. The molecule has 0 radical (unpaired) electrons. The number of likely N-dealkylation sites (N-methyl/N-ethyl adjacent to an activating group) is 1. The monoisotopic (exact) mass is 288 g/mol. The minimum Gasteiger partial charge on any atom is -0.398 e. The van der Waals surface area contributed by atoms with Crippen molar-refractivity contribution in [3.05, 3.63) is 28.3 Å². The van der Waals surface area contributed by atoms with Gasteiger partial charge in [0.05, 0.1) is 10.6 Å². The SMILES string of the molecule is CN(C)CCNS(=O)(=O)c1cc([N+](=O)[O-])ccc1N. The maximum atomic E-state index is 12.0. The average Bonchev–Trinajstić information content (AvgIpc) is 2.28. The van der Waals surface area contributed by atoms with Crippen LogP contribution >= 0.6 is 0 Å². The molecule has 0 aromatic heterocycles. The van der Waals surface area contributed by atoms with Gasteiger partial charge in [0.25, 0.3) is 5.69 Å². The van der Waals surface area contributed by atoms with Crippen molar-refractivity contribution < 1.29 is 13.3 Å². The number of nitrogens with one attached hydrogen (secondary N) is 1. The molecule has 1 rings (SSSR count). The van der Waals surface area contributed by atoms with Gasteiger partial charge in [0.2, 0.25) is 10.0 Å². The standard InChI is InChI=1S/C10H16N4O4S/c1-13(2)6-5-12-19(17,18)10-7-8(14(15)16)3-4-9(10)11/h3-4,7,12H,5-6,11H2,1-2H3. The first-order valence-electron chi connectivity index (χ1n) is 5.42. The summed E-state index contributed by atoms with van der Waals surface area (Å²) in [6, 6.07) is 3.32. The van der Waals surface area contributed by atoms with Crippen molar-refractivity contribution in [2.75, 3.05) is 32.9 Å². The normalized spacial score (nSPS) is 11.7. The lowest BCUT2D eigenvalue weighted by molar-refractivity contribution is -0.385. The molecule has 3 N–H and O–H groups in total. The van der Waals surface area contributed by atoms with Gasteiger partial charge >= 0.3 is 0 Å². The van der Waals surface area contributed by atoms with Crippen LogP contribution in [0.4, 0.5) is 11.4 Å². The predicted octanol–water partition coefficient (Wildman–Crippen LogP) is 0.0169. The van der Waals surface area contributed by atoms with E-state index in [2.05, 4.69) is 4.72 Å². The average molecular weight is 288 g/mol. The van der Waals surface area contributed by atoms with Gasteiger partial charge in [-0.25, -0.2) is 13.1 Å². The van der Waals surface area contributed by atoms with Crippen LogP contribution in [0.5, 0.6) is 0 Å². The number of hydrogen-bond acceptors (Lipinski definition) is 6. The number of nitrogens with zero attached hydrogens (tertiary/aromatic N) is 2. The summed E-state index contributed by atoms with van der Waals surface area (Å²) >= 11 is 0. The number of nitrogen functional groups attached to an aromatic ring is 1. The lowest BCUT2D eigenvalue weighted by Gasteiger charge is -2.12. The molecule has 0 aliphatic carbocycles. The second-order valence-electron chi connectivity index (χ2n) is 4.18. The summed E-state index contributed by atoms with van der Waals surface area (Å²) in [5.74, 6) is 0. The number of nitro groups is 1. The van der Waals surface area contributed by atoms with Crippen LogP contribution < -0.4 is 10.5 Å². The molecule has 0 fully saturated rings. The Bertz CT molecular complexity index is 571. The summed E-state index contributed by atoms with van der Waals surface area (Å²) in [6.45, 7) is 0.700. The second kappa shape index (κ2) is 5.95. The highest BCUT2D eigenvalue weighted by Crippen LogP contribution is 2.23. The van der Waals surface area contributed by atoms with E-state index in [1.807, 2.05) is 0 Å². The highest BCUT2D eigenvalue weighted by atomic mass is 32.2. The number of rotatable bonds is 6. The number of nitro benzene ring substituents is 1.